The number of para-hydroxylation sites is 1. The van der Waals surface area contributed by atoms with Crippen LogP contribution in [0.15, 0.2) is 42.7 Å². The van der Waals surface area contributed by atoms with Gasteiger partial charge in [-0.05, 0) is 44.9 Å². The van der Waals surface area contributed by atoms with E-state index in [9.17, 15) is 0 Å². The highest BCUT2D eigenvalue weighted by atomic mass is 16.5. The Morgan fingerprint density at radius 3 is 2.44 bits per heavy atom. The van der Waals surface area contributed by atoms with E-state index in [4.69, 9.17) is 4.74 Å². The third kappa shape index (κ3) is 3.94. The van der Waals surface area contributed by atoms with Gasteiger partial charge in [-0.15, -0.1) is 0 Å². The standard InChI is InChI=1S/C20H22N4O/c1-13-7-5-8-14(2)18(13)25-20-17(9-6-10-21-20)12-23-19-15(3)11-22-16(4)24-19/h5-11H,12H2,1-4H3,(H,22,23,24). The van der Waals surface area contributed by atoms with E-state index < -0.39 is 0 Å². The zero-order valence-electron chi connectivity index (χ0n) is 15.0. The van der Waals surface area contributed by atoms with Gasteiger partial charge in [-0.2, -0.15) is 0 Å². The van der Waals surface area contributed by atoms with E-state index in [1.54, 1.807) is 6.20 Å². The van der Waals surface area contributed by atoms with Gasteiger partial charge in [0.25, 0.3) is 0 Å². The molecule has 0 radical (unpaired) electrons. The van der Waals surface area contributed by atoms with Gasteiger partial charge in [0.05, 0.1) is 0 Å². The molecule has 1 aromatic carbocycles. The molecule has 0 amide bonds. The highest BCUT2D eigenvalue weighted by Crippen LogP contribution is 2.29. The third-order valence-electron chi connectivity index (χ3n) is 4.00. The summed E-state index contributed by atoms with van der Waals surface area (Å²) in [5.74, 6) is 3.04. The molecule has 1 N–H and O–H groups in total. The fraction of sp³-hybridized carbons (Fsp3) is 0.250. The minimum absolute atomic E-state index is 0.575. The summed E-state index contributed by atoms with van der Waals surface area (Å²) in [4.78, 5) is 13.1. The van der Waals surface area contributed by atoms with Gasteiger partial charge in [0.1, 0.15) is 17.4 Å². The third-order valence-corrected chi connectivity index (χ3v) is 4.00. The topological polar surface area (TPSA) is 59.9 Å². The predicted octanol–water partition coefficient (Wildman–Crippen LogP) is 4.51. The first-order valence-electron chi connectivity index (χ1n) is 8.26. The van der Waals surface area contributed by atoms with Crippen molar-refractivity contribution in [3.05, 3.63) is 70.8 Å². The summed E-state index contributed by atoms with van der Waals surface area (Å²) in [5.41, 5.74) is 4.16. The minimum atomic E-state index is 0.575. The molecule has 3 rings (SSSR count). The number of aryl methyl sites for hydroxylation is 4. The van der Waals surface area contributed by atoms with E-state index in [2.05, 4.69) is 20.3 Å². The normalized spacial score (nSPS) is 10.6. The Hall–Kier alpha value is -2.95. The van der Waals surface area contributed by atoms with E-state index in [1.165, 1.54) is 0 Å². The molecule has 0 fully saturated rings. The zero-order chi connectivity index (χ0) is 17.8. The molecule has 0 aliphatic heterocycles. The highest BCUT2D eigenvalue weighted by Gasteiger charge is 2.11. The quantitative estimate of drug-likeness (QED) is 0.744. The fourth-order valence-corrected chi connectivity index (χ4v) is 2.60. The van der Waals surface area contributed by atoms with Crippen molar-refractivity contribution in [3.63, 3.8) is 0 Å². The summed E-state index contributed by atoms with van der Waals surface area (Å²) in [6.45, 7) is 8.52. The van der Waals surface area contributed by atoms with Crippen LogP contribution in [0.25, 0.3) is 0 Å². The Labute approximate surface area is 148 Å². The summed E-state index contributed by atoms with van der Waals surface area (Å²) in [5, 5.41) is 3.35. The van der Waals surface area contributed by atoms with Crippen molar-refractivity contribution in [1.82, 2.24) is 15.0 Å². The molecule has 0 saturated heterocycles. The molecular formula is C20H22N4O. The molecule has 0 unspecified atom stereocenters. The second-order valence-corrected chi connectivity index (χ2v) is 6.09. The number of ether oxygens (including phenoxy) is 1. The van der Waals surface area contributed by atoms with Gasteiger partial charge in [-0.3, -0.25) is 0 Å². The molecule has 25 heavy (non-hydrogen) atoms. The molecule has 3 aromatic rings. The maximum Gasteiger partial charge on any atom is 0.224 e. The van der Waals surface area contributed by atoms with Crippen LogP contribution in [-0.2, 0) is 6.54 Å². The highest BCUT2D eigenvalue weighted by molar-refractivity contribution is 5.46. The van der Waals surface area contributed by atoms with Crippen molar-refractivity contribution >= 4 is 5.82 Å². The first kappa shape index (κ1) is 16.9. The van der Waals surface area contributed by atoms with E-state index in [0.717, 1.165) is 39.6 Å². The van der Waals surface area contributed by atoms with Crippen LogP contribution >= 0.6 is 0 Å². The van der Waals surface area contributed by atoms with Gasteiger partial charge in [0.2, 0.25) is 5.88 Å². The van der Waals surface area contributed by atoms with Crippen molar-refractivity contribution in [1.29, 1.82) is 0 Å². The van der Waals surface area contributed by atoms with Crippen LogP contribution in [0, 0.1) is 27.7 Å². The summed E-state index contributed by atoms with van der Waals surface area (Å²) in [7, 11) is 0. The first-order valence-corrected chi connectivity index (χ1v) is 8.26. The zero-order valence-corrected chi connectivity index (χ0v) is 15.0. The van der Waals surface area contributed by atoms with Gasteiger partial charge in [0, 0.05) is 30.1 Å². The lowest BCUT2D eigenvalue weighted by Crippen LogP contribution is -2.07. The number of pyridine rings is 1. The molecule has 5 nitrogen and oxygen atoms in total. The molecule has 0 atom stereocenters. The minimum Gasteiger partial charge on any atom is -0.438 e. The van der Waals surface area contributed by atoms with Crippen LogP contribution in [0.3, 0.4) is 0 Å². The average Bonchev–Trinajstić information content (AvgIpc) is 2.60. The summed E-state index contributed by atoms with van der Waals surface area (Å²) in [6.07, 6.45) is 3.56. The Bertz CT molecular complexity index is 872. The van der Waals surface area contributed by atoms with Gasteiger partial charge in [0.15, 0.2) is 0 Å². The maximum atomic E-state index is 6.13. The lowest BCUT2D eigenvalue weighted by Gasteiger charge is -2.15. The van der Waals surface area contributed by atoms with Crippen molar-refractivity contribution in [2.24, 2.45) is 0 Å². The van der Waals surface area contributed by atoms with Crippen LogP contribution in [0.1, 0.15) is 28.1 Å². The number of hydrogen-bond acceptors (Lipinski definition) is 5. The number of nitrogens with one attached hydrogen (secondary N) is 1. The number of hydrogen-bond donors (Lipinski definition) is 1. The van der Waals surface area contributed by atoms with Crippen LogP contribution in [0.5, 0.6) is 11.6 Å². The predicted molar refractivity (Wildman–Crippen MR) is 99.1 cm³/mol. The molecule has 0 spiro atoms. The van der Waals surface area contributed by atoms with E-state index in [1.807, 2.05) is 64.2 Å². The number of anilines is 1. The first-order chi connectivity index (χ1) is 12.0. The number of benzene rings is 1. The van der Waals surface area contributed by atoms with E-state index in [-0.39, 0.29) is 0 Å². The molecule has 128 valence electrons. The summed E-state index contributed by atoms with van der Waals surface area (Å²) < 4.78 is 6.13. The van der Waals surface area contributed by atoms with Crippen molar-refractivity contribution in [2.45, 2.75) is 34.2 Å². The average molecular weight is 334 g/mol. The van der Waals surface area contributed by atoms with Crippen molar-refractivity contribution < 1.29 is 4.74 Å². The number of nitrogens with zero attached hydrogens (tertiary/aromatic N) is 3. The summed E-state index contributed by atoms with van der Waals surface area (Å²) in [6, 6.07) is 10.0. The fourth-order valence-electron chi connectivity index (χ4n) is 2.60. The van der Waals surface area contributed by atoms with Crippen LogP contribution < -0.4 is 10.1 Å². The van der Waals surface area contributed by atoms with Gasteiger partial charge >= 0.3 is 0 Å². The largest absolute Gasteiger partial charge is 0.438 e. The van der Waals surface area contributed by atoms with Crippen LogP contribution in [0.4, 0.5) is 5.82 Å². The second kappa shape index (κ2) is 7.30. The second-order valence-electron chi connectivity index (χ2n) is 6.09. The Kier molecular flexibility index (Phi) is 4.93. The molecule has 2 heterocycles. The Balaban J connectivity index is 1.83. The molecule has 0 saturated carbocycles. The molecule has 5 heteroatoms. The summed E-state index contributed by atoms with van der Waals surface area (Å²) >= 11 is 0. The maximum absolute atomic E-state index is 6.13. The van der Waals surface area contributed by atoms with Crippen molar-refractivity contribution in [2.75, 3.05) is 5.32 Å². The van der Waals surface area contributed by atoms with Gasteiger partial charge in [-0.1, -0.05) is 24.3 Å². The lowest BCUT2D eigenvalue weighted by atomic mass is 10.1. The number of aromatic nitrogens is 3. The van der Waals surface area contributed by atoms with Crippen LogP contribution in [-0.4, -0.2) is 15.0 Å². The van der Waals surface area contributed by atoms with E-state index >= 15 is 0 Å². The Morgan fingerprint density at radius 2 is 1.68 bits per heavy atom. The lowest BCUT2D eigenvalue weighted by molar-refractivity contribution is 0.450. The number of rotatable bonds is 5. The molecule has 0 bridgehead atoms. The van der Waals surface area contributed by atoms with Crippen molar-refractivity contribution in [3.8, 4) is 11.6 Å². The molecular weight excluding hydrogens is 312 g/mol. The smallest absolute Gasteiger partial charge is 0.224 e. The molecule has 0 aliphatic rings. The van der Waals surface area contributed by atoms with E-state index in [0.29, 0.717) is 12.4 Å². The SMILES string of the molecule is Cc1ncc(C)c(NCc2cccnc2Oc2c(C)cccc2C)n1. The monoisotopic (exact) mass is 334 g/mol. The van der Waals surface area contributed by atoms with Gasteiger partial charge < -0.3 is 10.1 Å². The molecule has 0 aliphatic carbocycles. The Morgan fingerprint density at radius 1 is 0.920 bits per heavy atom. The van der Waals surface area contributed by atoms with Gasteiger partial charge in [-0.25, -0.2) is 15.0 Å². The van der Waals surface area contributed by atoms with Crippen LogP contribution in [0.2, 0.25) is 0 Å². The molecule has 2 aromatic heterocycles.